The number of phosphoric ester groups is 2. The zero-order chi connectivity index (χ0) is 68.2. The van der Waals surface area contributed by atoms with Crippen LogP contribution < -0.4 is 0 Å². The average Bonchev–Trinajstić information content (AvgIpc) is 2.03. The Bertz CT molecular complexity index is 1820. The SMILES string of the molecule is CCC(C)CCCCCCCCCCC(=O)O[C@H](COC(=O)CCCCCCCCC(C)C)COP(=O)(O)OC[C@H](O)COP(=O)(O)OC[C@@H](COC(=O)CCCCCCCCCCCCCCCC(C)C)OC(=O)CCCCCCCCCCCCCCC(C)C. The Labute approximate surface area is 562 Å². The van der Waals surface area contributed by atoms with E-state index >= 15 is 0 Å². The molecule has 17 nitrogen and oxygen atoms in total. The fourth-order valence-corrected chi connectivity index (χ4v) is 12.6. The molecule has 0 aliphatic rings. The number of hydrogen-bond donors (Lipinski definition) is 3. The van der Waals surface area contributed by atoms with Gasteiger partial charge in [-0.2, -0.15) is 0 Å². The monoisotopic (exact) mass is 1350 g/mol. The van der Waals surface area contributed by atoms with Crippen LogP contribution in [0.2, 0.25) is 0 Å². The van der Waals surface area contributed by atoms with Crippen LogP contribution in [0.5, 0.6) is 0 Å². The second kappa shape index (κ2) is 62.6. The molecule has 0 aliphatic heterocycles. The first-order chi connectivity index (χ1) is 44.1. The fraction of sp³-hybridized carbons (Fsp3) is 0.945. The Morgan fingerprint density at radius 1 is 0.304 bits per heavy atom. The first-order valence-electron chi connectivity index (χ1n) is 37.7. The molecule has 3 N–H and O–H groups in total. The number of aliphatic hydroxyl groups excluding tert-OH is 1. The lowest BCUT2D eigenvalue weighted by atomic mass is 9.99. The van der Waals surface area contributed by atoms with Crippen molar-refractivity contribution in [3.63, 3.8) is 0 Å². The van der Waals surface area contributed by atoms with E-state index in [1.807, 2.05) is 0 Å². The highest BCUT2D eigenvalue weighted by Gasteiger charge is 2.30. The van der Waals surface area contributed by atoms with Gasteiger partial charge in [-0.25, -0.2) is 9.13 Å². The van der Waals surface area contributed by atoms with Crippen molar-refractivity contribution in [1.82, 2.24) is 0 Å². The van der Waals surface area contributed by atoms with Gasteiger partial charge in [-0.15, -0.1) is 0 Å². The molecule has 0 fully saturated rings. The van der Waals surface area contributed by atoms with E-state index in [1.165, 1.54) is 161 Å². The van der Waals surface area contributed by atoms with Crippen molar-refractivity contribution in [2.75, 3.05) is 39.6 Å². The van der Waals surface area contributed by atoms with Gasteiger partial charge in [0.05, 0.1) is 26.4 Å². The minimum Gasteiger partial charge on any atom is -0.462 e. The molecule has 3 unspecified atom stereocenters. The van der Waals surface area contributed by atoms with Crippen molar-refractivity contribution in [2.24, 2.45) is 23.7 Å². The summed E-state index contributed by atoms with van der Waals surface area (Å²) in [5.74, 6) is 0.889. The lowest BCUT2D eigenvalue weighted by Gasteiger charge is -2.21. The van der Waals surface area contributed by atoms with Crippen molar-refractivity contribution >= 4 is 39.5 Å². The molecule has 0 bridgehead atoms. The van der Waals surface area contributed by atoms with Gasteiger partial charge in [-0.3, -0.25) is 37.3 Å². The number of carbonyl (C=O) groups excluding carboxylic acids is 4. The van der Waals surface area contributed by atoms with Crippen LogP contribution >= 0.6 is 15.6 Å². The Morgan fingerprint density at radius 2 is 0.522 bits per heavy atom. The third-order valence-electron chi connectivity index (χ3n) is 17.2. The number of aliphatic hydroxyl groups is 1. The van der Waals surface area contributed by atoms with Crippen molar-refractivity contribution in [3.05, 3.63) is 0 Å². The van der Waals surface area contributed by atoms with E-state index in [2.05, 4.69) is 55.4 Å². The highest BCUT2D eigenvalue weighted by Crippen LogP contribution is 2.45. The molecule has 0 aromatic rings. The van der Waals surface area contributed by atoms with Crippen LogP contribution in [0.25, 0.3) is 0 Å². The maximum Gasteiger partial charge on any atom is 0.472 e. The molecule has 92 heavy (non-hydrogen) atoms. The van der Waals surface area contributed by atoms with Crippen LogP contribution in [0.4, 0.5) is 0 Å². The maximum atomic E-state index is 13.1. The predicted octanol–water partition coefficient (Wildman–Crippen LogP) is 20.9. The molecule has 0 aliphatic carbocycles. The summed E-state index contributed by atoms with van der Waals surface area (Å²) in [6.45, 7) is 14.1. The van der Waals surface area contributed by atoms with Crippen molar-refractivity contribution in [3.8, 4) is 0 Å². The topological polar surface area (TPSA) is 237 Å². The van der Waals surface area contributed by atoms with Crippen molar-refractivity contribution in [2.45, 2.75) is 382 Å². The zero-order valence-electron chi connectivity index (χ0n) is 60.2. The number of ether oxygens (including phenoxy) is 4. The van der Waals surface area contributed by atoms with Gasteiger partial charge in [-0.1, -0.05) is 312 Å². The Hall–Kier alpha value is -1.94. The molecule has 0 heterocycles. The van der Waals surface area contributed by atoms with E-state index in [0.717, 1.165) is 114 Å². The molecule has 0 aromatic carbocycles. The van der Waals surface area contributed by atoms with E-state index in [-0.39, 0.29) is 25.7 Å². The molecule has 0 radical (unpaired) electrons. The van der Waals surface area contributed by atoms with Gasteiger partial charge < -0.3 is 33.8 Å². The summed E-state index contributed by atoms with van der Waals surface area (Å²) in [7, 11) is -9.91. The molecule has 0 saturated heterocycles. The average molecular weight is 1350 g/mol. The van der Waals surface area contributed by atoms with Gasteiger partial charge in [-0.05, 0) is 49.4 Å². The zero-order valence-corrected chi connectivity index (χ0v) is 62.0. The first-order valence-corrected chi connectivity index (χ1v) is 40.7. The van der Waals surface area contributed by atoms with E-state index in [9.17, 15) is 43.2 Å². The Balaban J connectivity index is 5.25. The van der Waals surface area contributed by atoms with Crippen LogP contribution in [0, 0.1) is 23.7 Å². The van der Waals surface area contributed by atoms with E-state index in [1.54, 1.807) is 0 Å². The van der Waals surface area contributed by atoms with Crippen LogP contribution in [-0.2, 0) is 65.4 Å². The number of phosphoric acid groups is 2. The Kier molecular flexibility index (Phi) is 61.3. The van der Waals surface area contributed by atoms with Crippen LogP contribution in [-0.4, -0.2) is 96.7 Å². The summed E-state index contributed by atoms with van der Waals surface area (Å²) in [6, 6.07) is 0. The van der Waals surface area contributed by atoms with Gasteiger partial charge in [0.2, 0.25) is 0 Å². The van der Waals surface area contributed by atoms with Crippen molar-refractivity contribution < 1.29 is 80.2 Å². The van der Waals surface area contributed by atoms with Crippen LogP contribution in [0.1, 0.15) is 364 Å². The fourth-order valence-electron chi connectivity index (χ4n) is 11.0. The van der Waals surface area contributed by atoms with Crippen LogP contribution in [0.3, 0.4) is 0 Å². The summed E-state index contributed by atoms with van der Waals surface area (Å²) in [6.07, 6.45) is 45.9. The summed E-state index contributed by atoms with van der Waals surface area (Å²) in [5, 5.41) is 10.6. The molecule has 0 rings (SSSR count). The molecule has 0 saturated carbocycles. The molecule has 546 valence electrons. The summed E-state index contributed by atoms with van der Waals surface area (Å²) < 4.78 is 68.4. The summed E-state index contributed by atoms with van der Waals surface area (Å²) >= 11 is 0. The van der Waals surface area contributed by atoms with Gasteiger partial charge in [0.25, 0.3) is 0 Å². The number of hydrogen-bond acceptors (Lipinski definition) is 15. The predicted molar refractivity (Wildman–Crippen MR) is 372 cm³/mol. The minimum atomic E-state index is -4.96. The van der Waals surface area contributed by atoms with Gasteiger partial charge in [0.15, 0.2) is 12.2 Å². The smallest absolute Gasteiger partial charge is 0.462 e. The van der Waals surface area contributed by atoms with E-state index < -0.39 is 97.5 Å². The third kappa shape index (κ3) is 65.4. The molecular weight excluding hydrogens is 1210 g/mol. The second-order valence-corrected chi connectivity index (χ2v) is 30.9. The van der Waals surface area contributed by atoms with Gasteiger partial charge >= 0.3 is 39.5 Å². The summed E-state index contributed by atoms with van der Waals surface area (Å²) in [4.78, 5) is 72.7. The quantitative estimate of drug-likeness (QED) is 0.0222. The first kappa shape index (κ1) is 90.1. The second-order valence-electron chi connectivity index (χ2n) is 28.0. The van der Waals surface area contributed by atoms with Gasteiger partial charge in [0, 0.05) is 25.7 Å². The molecular formula is C73H142O17P2. The molecule has 0 amide bonds. The number of unbranched alkanes of at least 4 members (excludes halogenated alkanes) is 35. The number of rotatable bonds is 70. The largest absolute Gasteiger partial charge is 0.472 e. The van der Waals surface area contributed by atoms with Crippen LogP contribution in [0.15, 0.2) is 0 Å². The number of esters is 4. The molecule has 0 aromatic heterocycles. The highest BCUT2D eigenvalue weighted by atomic mass is 31.2. The lowest BCUT2D eigenvalue weighted by Crippen LogP contribution is -2.30. The standard InChI is InChI=1S/C73H142O17P2/c1-9-66(8)52-44-36-27-23-24-30-40-48-56-73(78)90-69(60-84-71(76)54-46-38-32-31-35-43-51-65(6)7)62-88-92(81,82)86-58-67(74)57-85-91(79,80)87-61-68(89-72(77)55-47-39-29-22-18-14-13-16-20-26-34-42-50-64(4)5)59-83-70(75)53-45-37-28-21-17-12-10-11-15-19-25-33-41-49-63(2)3/h63-69,74H,9-62H2,1-8H3,(H,79,80)(H,81,82)/t66?,67-,68-,69-/m1/s1. The van der Waals surface area contributed by atoms with E-state index in [4.69, 9.17) is 37.0 Å². The van der Waals surface area contributed by atoms with Crippen molar-refractivity contribution in [1.29, 1.82) is 0 Å². The van der Waals surface area contributed by atoms with E-state index in [0.29, 0.717) is 31.6 Å². The molecule has 6 atom stereocenters. The maximum absolute atomic E-state index is 13.1. The third-order valence-corrected chi connectivity index (χ3v) is 19.1. The lowest BCUT2D eigenvalue weighted by molar-refractivity contribution is -0.161. The number of carbonyl (C=O) groups is 4. The minimum absolute atomic E-state index is 0.103. The normalized spacial score (nSPS) is 14.5. The highest BCUT2D eigenvalue weighted by molar-refractivity contribution is 7.47. The Morgan fingerprint density at radius 3 is 0.772 bits per heavy atom. The van der Waals surface area contributed by atoms with Gasteiger partial charge in [0.1, 0.15) is 19.3 Å². The molecule has 19 heteroatoms. The summed E-state index contributed by atoms with van der Waals surface area (Å²) in [5.41, 5.74) is 0. The molecule has 0 spiro atoms.